The second-order valence-electron chi connectivity index (χ2n) is 5.31. The van der Waals surface area contributed by atoms with E-state index < -0.39 is 0 Å². The van der Waals surface area contributed by atoms with Gasteiger partial charge >= 0.3 is 0 Å². The summed E-state index contributed by atoms with van der Waals surface area (Å²) >= 11 is 0. The van der Waals surface area contributed by atoms with Crippen LogP contribution in [0.2, 0.25) is 0 Å². The lowest BCUT2D eigenvalue weighted by Crippen LogP contribution is -2.21. The maximum atomic E-state index is 13.8. The molecule has 4 heteroatoms. The van der Waals surface area contributed by atoms with Crippen LogP contribution in [0.1, 0.15) is 25.8 Å². The lowest BCUT2D eigenvalue weighted by Gasteiger charge is -2.12. The third-order valence-electron chi connectivity index (χ3n) is 2.72. The standard InChI is InChI=1S/C15H25FN2O/c1-12(2)17-11-13-6-7-15(14(16)10-13)19-9-5-8-18(3)4/h6-7,10,12,17H,5,8-9,11H2,1-4H3. The van der Waals surface area contributed by atoms with E-state index in [1.54, 1.807) is 6.07 Å². The molecule has 1 rings (SSSR count). The van der Waals surface area contributed by atoms with Gasteiger partial charge in [-0.15, -0.1) is 0 Å². The van der Waals surface area contributed by atoms with Gasteiger partial charge in [-0.05, 0) is 38.2 Å². The van der Waals surface area contributed by atoms with Gasteiger partial charge in [-0.2, -0.15) is 0 Å². The fraction of sp³-hybridized carbons (Fsp3) is 0.600. The fourth-order valence-corrected chi connectivity index (χ4v) is 1.66. The minimum Gasteiger partial charge on any atom is -0.490 e. The average molecular weight is 268 g/mol. The fourth-order valence-electron chi connectivity index (χ4n) is 1.66. The van der Waals surface area contributed by atoms with Crippen LogP contribution in [0.25, 0.3) is 0 Å². The van der Waals surface area contributed by atoms with E-state index in [9.17, 15) is 4.39 Å². The van der Waals surface area contributed by atoms with Gasteiger partial charge in [0.2, 0.25) is 0 Å². The molecular weight excluding hydrogens is 243 g/mol. The average Bonchev–Trinajstić information content (AvgIpc) is 2.33. The normalized spacial score (nSPS) is 11.3. The molecule has 0 radical (unpaired) electrons. The first-order chi connectivity index (χ1) is 8.99. The Balaban J connectivity index is 2.43. The molecule has 0 fully saturated rings. The molecule has 0 aliphatic rings. The Morgan fingerprint density at radius 1 is 1.32 bits per heavy atom. The molecule has 0 aliphatic heterocycles. The number of halogens is 1. The zero-order valence-electron chi connectivity index (χ0n) is 12.4. The van der Waals surface area contributed by atoms with Crippen LogP contribution in [-0.4, -0.2) is 38.2 Å². The van der Waals surface area contributed by atoms with Gasteiger partial charge in [0.05, 0.1) is 6.61 Å². The predicted molar refractivity (Wildman–Crippen MR) is 77.0 cm³/mol. The molecule has 1 aromatic carbocycles. The summed E-state index contributed by atoms with van der Waals surface area (Å²) in [5.74, 6) is 0.0555. The summed E-state index contributed by atoms with van der Waals surface area (Å²) in [6.07, 6.45) is 0.892. The van der Waals surface area contributed by atoms with Crippen LogP contribution < -0.4 is 10.1 Å². The SMILES string of the molecule is CC(C)NCc1ccc(OCCCN(C)C)c(F)c1. The van der Waals surface area contributed by atoms with E-state index in [2.05, 4.69) is 24.1 Å². The summed E-state index contributed by atoms with van der Waals surface area (Å²) < 4.78 is 19.2. The molecule has 0 aliphatic carbocycles. The van der Waals surface area contributed by atoms with E-state index in [-0.39, 0.29) is 5.82 Å². The van der Waals surface area contributed by atoms with Crippen molar-refractivity contribution in [1.82, 2.24) is 10.2 Å². The van der Waals surface area contributed by atoms with Crippen LogP contribution in [0.15, 0.2) is 18.2 Å². The molecule has 0 bridgehead atoms. The van der Waals surface area contributed by atoms with E-state index in [0.29, 0.717) is 24.9 Å². The van der Waals surface area contributed by atoms with Crippen molar-refractivity contribution in [2.45, 2.75) is 32.9 Å². The molecule has 0 unspecified atom stereocenters. The summed E-state index contributed by atoms with van der Waals surface area (Å²) in [4.78, 5) is 2.08. The van der Waals surface area contributed by atoms with Gasteiger partial charge in [0, 0.05) is 19.1 Å². The highest BCUT2D eigenvalue weighted by molar-refractivity contribution is 5.29. The highest BCUT2D eigenvalue weighted by atomic mass is 19.1. The Labute approximate surface area is 115 Å². The minimum absolute atomic E-state index is 0.284. The Morgan fingerprint density at radius 2 is 2.05 bits per heavy atom. The number of nitrogens with one attached hydrogen (secondary N) is 1. The molecule has 108 valence electrons. The van der Waals surface area contributed by atoms with Crippen LogP contribution >= 0.6 is 0 Å². The molecule has 0 aromatic heterocycles. The van der Waals surface area contributed by atoms with E-state index in [0.717, 1.165) is 18.5 Å². The smallest absolute Gasteiger partial charge is 0.165 e. The number of hydrogen-bond acceptors (Lipinski definition) is 3. The largest absolute Gasteiger partial charge is 0.490 e. The van der Waals surface area contributed by atoms with Crippen LogP contribution in [0, 0.1) is 5.82 Å². The zero-order valence-corrected chi connectivity index (χ0v) is 12.4. The Bertz CT molecular complexity index is 380. The number of hydrogen-bond donors (Lipinski definition) is 1. The predicted octanol–water partition coefficient (Wildman–Crippen LogP) is 2.65. The molecular formula is C15H25FN2O. The second kappa shape index (κ2) is 8.12. The van der Waals surface area contributed by atoms with Crippen molar-refractivity contribution in [3.63, 3.8) is 0 Å². The maximum absolute atomic E-state index is 13.8. The number of ether oxygens (including phenoxy) is 1. The van der Waals surface area contributed by atoms with Crippen LogP contribution in [-0.2, 0) is 6.54 Å². The molecule has 0 amide bonds. The number of nitrogens with zero attached hydrogens (tertiary/aromatic N) is 1. The van der Waals surface area contributed by atoms with Crippen molar-refractivity contribution in [1.29, 1.82) is 0 Å². The molecule has 0 spiro atoms. The van der Waals surface area contributed by atoms with Crippen LogP contribution in [0.3, 0.4) is 0 Å². The Kier molecular flexibility index (Phi) is 6.81. The maximum Gasteiger partial charge on any atom is 0.165 e. The van der Waals surface area contributed by atoms with Crippen LogP contribution in [0.5, 0.6) is 5.75 Å². The lowest BCUT2D eigenvalue weighted by atomic mass is 10.2. The highest BCUT2D eigenvalue weighted by Crippen LogP contribution is 2.18. The van der Waals surface area contributed by atoms with Gasteiger partial charge in [0.1, 0.15) is 0 Å². The zero-order chi connectivity index (χ0) is 14.3. The van der Waals surface area contributed by atoms with Crippen molar-refractivity contribution in [3.05, 3.63) is 29.6 Å². The molecule has 3 nitrogen and oxygen atoms in total. The Morgan fingerprint density at radius 3 is 2.63 bits per heavy atom. The summed E-state index contributed by atoms with van der Waals surface area (Å²) in [6.45, 7) is 6.30. The molecule has 19 heavy (non-hydrogen) atoms. The van der Waals surface area contributed by atoms with E-state index in [4.69, 9.17) is 4.74 Å². The second-order valence-corrected chi connectivity index (χ2v) is 5.31. The highest BCUT2D eigenvalue weighted by Gasteiger charge is 2.05. The summed E-state index contributed by atoms with van der Waals surface area (Å²) in [5, 5.41) is 3.26. The lowest BCUT2D eigenvalue weighted by molar-refractivity contribution is 0.271. The number of benzene rings is 1. The summed E-state index contributed by atoms with van der Waals surface area (Å²) in [5.41, 5.74) is 0.937. The van der Waals surface area contributed by atoms with Gasteiger partial charge in [0.25, 0.3) is 0 Å². The van der Waals surface area contributed by atoms with Crippen molar-refractivity contribution in [2.24, 2.45) is 0 Å². The molecule has 0 heterocycles. The van der Waals surface area contributed by atoms with Gasteiger partial charge in [-0.3, -0.25) is 0 Å². The summed E-state index contributed by atoms with van der Waals surface area (Å²) in [6, 6.07) is 5.55. The van der Waals surface area contributed by atoms with Gasteiger partial charge in [-0.1, -0.05) is 19.9 Å². The third-order valence-corrected chi connectivity index (χ3v) is 2.72. The van der Waals surface area contributed by atoms with Gasteiger partial charge < -0.3 is 15.0 Å². The molecule has 1 N–H and O–H groups in total. The molecule has 0 saturated carbocycles. The van der Waals surface area contributed by atoms with E-state index >= 15 is 0 Å². The van der Waals surface area contributed by atoms with Crippen molar-refractivity contribution < 1.29 is 9.13 Å². The van der Waals surface area contributed by atoms with E-state index in [1.165, 1.54) is 6.07 Å². The minimum atomic E-state index is -0.284. The van der Waals surface area contributed by atoms with Gasteiger partial charge in [0.15, 0.2) is 11.6 Å². The van der Waals surface area contributed by atoms with E-state index in [1.807, 2.05) is 20.2 Å². The van der Waals surface area contributed by atoms with Crippen molar-refractivity contribution >= 4 is 0 Å². The quantitative estimate of drug-likeness (QED) is 0.734. The molecule has 1 aromatic rings. The molecule has 0 saturated heterocycles. The van der Waals surface area contributed by atoms with Crippen molar-refractivity contribution in [2.75, 3.05) is 27.2 Å². The first-order valence-electron chi connectivity index (χ1n) is 6.78. The monoisotopic (exact) mass is 268 g/mol. The van der Waals surface area contributed by atoms with Crippen LogP contribution in [0.4, 0.5) is 4.39 Å². The number of rotatable bonds is 8. The van der Waals surface area contributed by atoms with Crippen molar-refractivity contribution in [3.8, 4) is 5.75 Å². The first kappa shape index (κ1) is 15.9. The summed E-state index contributed by atoms with van der Waals surface area (Å²) in [7, 11) is 4.02. The molecule has 0 atom stereocenters. The Hall–Kier alpha value is -1.13. The third kappa shape index (κ3) is 6.55. The first-order valence-corrected chi connectivity index (χ1v) is 6.78. The topological polar surface area (TPSA) is 24.5 Å². The van der Waals surface area contributed by atoms with Gasteiger partial charge in [-0.25, -0.2) is 4.39 Å².